The number of nitrogens with one attached hydrogen (secondary N) is 1. The number of nitrogens with zero attached hydrogens (tertiary/aromatic N) is 3. The van der Waals surface area contributed by atoms with Crippen molar-refractivity contribution < 1.29 is 24.4 Å². The molecule has 4 rings (SSSR count). The summed E-state index contributed by atoms with van der Waals surface area (Å²) in [6.45, 7) is 0.831. The molecular weight excluding hydrogens is 450 g/mol. The zero-order valence-electron chi connectivity index (χ0n) is 19.7. The highest BCUT2D eigenvalue weighted by Crippen LogP contribution is 2.37. The first-order chi connectivity index (χ1) is 17.1. The van der Waals surface area contributed by atoms with Crippen molar-refractivity contribution in [2.45, 2.75) is 12.5 Å². The summed E-state index contributed by atoms with van der Waals surface area (Å²) < 4.78 is 16.7. The first-order valence-corrected chi connectivity index (χ1v) is 11.2. The summed E-state index contributed by atoms with van der Waals surface area (Å²) in [5.74, 6) is 2.17. The zero-order chi connectivity index (χ0) is 24.8. The van der Waals surface area contributed by atoms with Gasteiger partial charge < -0.3 is 35.5 Å². The van der Waals surface area contributed by atoms with Crippen LogP contribution in [0.25, 0.3) is 32.9 Å². The number of aromatic nitrogens is 3. The third-order valence-electron chi connectivity index (χ3n) is 5.69. The SMILES string of the molecule is COc1cc2ncc3c(N)nc(-c4cncc(OCCCNC(CO)CO)c4)cc3c2cc1OC. The van der Waals surface area contributed by atoms with Gasteiger partial charge in [-0.25, -0.2) is 4.98 Å². The van der Waals surface area contributed by atoms with E-state index in [1.807, 2.05) is 24.3 Å². The molecule has 10 heteroatoms. The van der Waals surface area contributed by atoms with Gasteiger partial charge in [0.25, 0.3) is 0 Å². The van der Waals surface area contributed by atoms with E-state index in [0.29, 0.717) is 48.3 Å². The van der Waals surface area contributed by atoms with Crippen molar-refractivity contribution in [2.75, 3.05) is 46.3 Å². The molecular formula is C25H29N5O5. The van der Waals surface area contributed by atoms with Crippen LogP contribution in [0, 0.1) is 0 Å². The summed E-state index contributed by atoms with van der Waals surface area (Å²) in [7, 11) is 3.18. The van der Waals surface area contributed by atoms with Gasteiger partial charge in [0.15, 0.2) is 11.5 Å². The molecule has 0 atom stereocenters. The van der Waals surface area contributed by atoms with Crippen LogP contribution in [-0.2, 0) is 0 Å². The lowest BCUT2D eigenvalue weighted by Crippen LogP contribution is -2.36. The molecule has 0 radical (unpaired) electrons. The maximum absolute atomic E-state index is 9.10. The summed E-state index contributed by atoms with van der Waals surface area (Å²) in [5.41, 5.74) is 8.48. The Bertz CT molecular complexity index is 1310. The third-order valence-corrected chi connectivity index (χ3v) is 5.69. The van der Waals surface area contributed by atoms with Gasteiger partial charge in [0, 0.05) is 34.8 Å². The summed E-state index contributed by atoms with van der Waals surface area (Å²) in [5, 5.41) is 23.8. The number of anilines is 1. The number of aliphatic hydroxyl groups is 2. The monoisotopic (exact) mass is 479 g/mol. The second-order valence-electron chi connectivity index (χ2n) is 7.96. The fourth-order valence-electron chi connectivity index (χ4n) is 3.80. The van der Waals surface area contributed by atoms with Gasteiger partial charge in [-0.05, 0) is 36.6 Å². The van der Waals surface area contributed by atoms with Crippen molar-refractivity contribution in [1.29, 1.82) is 0 Å². The lowest BCUT2D eigenvalue weighted by atomic mass is 10.0. The van der Waals surface area contributed by atoms with Crippen molar-refractivity contribution in [1.82, 2.24) is 20.3 Å². The number of hydrogen-bond acceptors (Lipinski definition) is 10. The van der Waals surface area contributed by atoms with Gasteiger partial charge in [-0.15, -0.1) is 0 Å². The quantitative estimate of drug-likeness (QED) is 0.186. The number of nitrogen functional groups attached to an aromatic ring is 1. The molecule has 10 nitrogen and oxygen atoms in total. The van der Waals surface area contributed by atoms with E-state index >= 15 is 0 Å². The van der Waals surface area contributed by atoms with Crippen LogP contribution < -0.4 is 25.3 Å². The van der Waals surface area contributed by atoms with Gasteiger partial charge in [-0.2, -0.15) is 0 Å². The molecule has 0 aliphatic carbocycles. The van der Waals surface area contributed by atoms with E-state index in [-0.39, 0.29) is 19.3 Å². The summed E-state index contributed by atoms with van der Waals surface area (Å²) in [6.07, 6.45) is 5.76. The molecule has 4 aromatic rings. The molecule has 0 aliphatic rings. The number of aliphatic hydroxyl groups excluding tert-OH is 2. The zero-order valence-corrected chi connectivity index (χ0v) is 19.7. The molecule has 184 valence electrons. The standard InChI is InChI=1S/C25H29N5O5/c1-33-23-8-19-18-7-21(30-25(26)20(18)12-29-22(19)9-24(23)34-2)15-6-17(11-27-10-15)35-5-3-4-28-16(13-31)14-32/h6-12,16,28,31-32H,3-5,13-14H2,1-2H3,(H2,26,30). The van der Waals surface area contributed by atoms with Crippen LogP contribution in [0.3, 0.4) is 0 Å². The number of ether oxygens (including phenoxy) is 3. The number of fused-ring (bicyclic) bond motifs is 3. The van der Waals surface area contributed by atoms with Crippen LogP contribution in [0.1, 0.15) is 6.42 Å². The molecule has 35 heavy (non-hydrogen) atoms. The minimum Gasteiger partial charge on any atom is -0.493 e. The molecule has 0 saturated heterocycles. The van der Waals surface area contributed by atoms with Crippen LogP contribution in [-0.4, -0.2) is 71.8 Å². The van der Waals surface area contributed by atoms with Crippen LogP contribution in [0.4, 0.5) is 5.82 Å². The van der Waals surface area contributed by atoms with E-state index in [0.717, 1.165) is 27.2 Å². The topological polar surface area (TPSA) is 145 Å². The van der Waals surface area contributed by atoms with E-state index < -0.39 is 0 Å². The number of rotatable bonds is 11. The highest BCUT2D eigenvalue weighted by atomic mass is 16.5. The lowest BCUT2D eigenvalue weighted by molar-refractivity contribution is 0.169. The molecule has 1 aromatic carbocycles. The van der Waals surface area contributed by atoms with E-state index in [4.69, 9.17) is 30.2 Å². The Balaban J connectivity index is 1.60. The van der Waals surface area contributed by atoms with Crippen LogP contribution in [0.5, 0.6) is 17.2 Å². The summed E-state index contributed by atoms with van der Waals surface area (Å²) >= 11 is 0. The average Bonchev–Trinajstić information content (AvgIpc) is 2.89. The minimum absolute atomic E-state index is 0.114. The number of pyridine rings is 3. The number of benzene rings is 1. The molecule has 3 aromatic heterocycles. The maximum Gasteiger partial charge on any atom is 0.162 e. The Morgan fingerprint density at radius 2 is 1.71 bits per heavy atom. The van der Waals surface area contributed by atoms with Gasteiger partial charge in [-0.1, -0.05) is 0 Å². The van der Waals surface area contributed by atoms with Gasteiger partial charge in [0.1, 0.15) is 11.6 Å². The molecule has 0 spiro atoms. The second-order valence-corrected chi connectivity index (χ2v) is 7.96. The largest absolute Gasteiger partial charge is 0.493 e. The smallest absolute Gasteiger partial charge is 0.162 e. The highest BCUT2D eigenvalue weighted by Gasteiger charge is 2.14. The Hall–Kier alpha value is -3.73. The molecule has 0 fully saturated rings. The van der Waals surface area contributed by atoms with E-state index in [1.54, 1.807) is 32.8 Å². The molecule has 3 heterocycles. The predicted octanol–water partition coefficient (Wildman–Crippen LogP) is 2.16. The maximum atomic E-state index is 9.10. The van der Waals surface area contributed by atoms with E-state index in [2.05, 4.69) is 20.3 Å². The molecule has 0 saturated carbocycles. The van der Waals surface area contributed by atoms with Crippen LogP contribution in [0.2, 0.25) is 0 Å². The Kier molecular flexibility index (Phi) is 7.76. The lowest BCUT2D eigenvalue weighted by Gasteiger charge is -2.13. The summed E-state index contributed by atoms with van der Waals surface area (Å²) in [4.78, 5) is 13.4. The Morgan fingerprint density at radius 3 is 2.46 bits per heavy atom. The fourth-order valence-corrected chi connectivity index (χ4v) is 3.80. The molecule has 0 amide bonds. The van der Waals surface area contributed by atoms with Crippen LogP contribution in [0.15, 0.2) is 42.9 Å². The molecule has 0 bridgehead atoms. The van der Waals surface area contributed by atoms with Crippen molar-refractivity contribution in [3.8, 4) is 28.5 Å². The van der Waals surface area contributed by atoms with Crippen molar-refractivity contribution in [3.63, 3.8) is 0 Å². The summed E-state index contributed by atoms with van der Waals surface area (Å²) in [6, 6.07) is 7.22. The fraction of sp³-hybridized carbons (Fsp3) is 0.320. The molecule has 5 N–H and O–H groups in total. The average molecular weight is 480 g/mol. The molecule has 0 aliphatic heterocycles. The minimum atomic E-state index is -0.322. The molecule has 0 unspecified atom stereocenters. The first kappa shape index (κ1) is 24.4. The Labute approximate surface area is 202 Å². The number of hydrogen-bond donors (Lipinski definition) is 4. The highest BCUT2D eigenvalue weighted by molar-refractivity contribution is 6.10. The van der Waals surface area contributed by atoms with Crippen molar-refractivity contribution in [2.24, 2.45) is 0 Å². The van der Waals surface area contributed by atoms with Gasteiger partial charge >= 0.3 is 0 Å². The van der Waals surface area contributed by atoms with Crippen molar-refractivity contribution in [3.05, 3.63) is 42.9 Å². The van der Waals surface area contributed by atoms with E-state index in [9.17, 15) is 0 Å². The van der Waals surface area contributed by atoms with Crippen molar-refractivity contribution >= 4 is 27.5 Å². The number of methoxy groups -OCH3 is 2. The normalized spacial score (nSPS) is 11.3. The predicted molar refractivity (Wildman–Crippen MR) is 134 cm³/mol. The van der Waals surface area contributed by atoms with Gasteiger partial charge in [-0.3, -0.25) is 9.97 Å². The van der Waals surface area contributed by atoms with Gasteiger partial charge in [0.2, 0.25) is 0 Å². The second kappa shape index (κ2) is 11.1. The van der Waals surface area contributed by atoms with Gasteiger partial charge in [0.05, 0.1) is 57.5 Å². The third kappa shape index (κ3) is 5.35. The Morgan fingerprint density at radius 1 is 0.943 bits per heavy atom. The van der Waals surface area contributed by atoms with Crippen LogP contribution >= 0.6 is 0 Å². The number of nitrogens with two attached hydrogens (primary N) is 1. The first-order valence-electron chi connectivity index (χ1n) is 11.2. The van der Waals surface area contributed by atoms with E-state index in [1.165, 1.54) is 0 Å².